The largest absolute Gasteiger partial charge is 0.396 e. The van der Waals surface area contributed by atoms with Crippen molar-refractivity contribution in [2.75, 3.05) is 17.2 Å². The van der Waals surface area contributed by atoms with Crippen molar-refractivity contribution in [1.82, 2.24) is 0 Å². The molecule has 0 unspecified atom stereocenters. The average molecular weight is 462 g/mol. The molecule has 140 valence electrons. The normalized spacial score (nSPS) is 9.77. The fourth-order valence-corrected chi connectivity index (χ4v) is 2.63. The summed E-state index contributed by atoms with van der Waals surface area (Å²) < 4.78 is 0.818. The van der Waals surface area contributed by atoms with E-state index in [1.54, 1.807) is 36.4 Å². The first-order valence-electron chi connectivity index (χ1n) is 7.62. The van der Waals surface area contributed by atoms with Crippen LogP contribution >= 0.6 is 39.1 Å². The van der Waals surface area contributed by atoms with Gasteiger partial charge in [-0.15, -0.1) is 0 Å². The summed E-state index contributed by atoms with van der Waals surface area (Å²) in [6, 6.07) is 10.5. The zero-order valence-corrected chi connectivity index (χ0v) is 17.4. The zero-order valence-electron chi connectivity index (χ0n) is 14.3. The molecular formula is C18H19BrCl2N2O3. The molecule has 2 aromatic carbocycles. The molecule has 2 rings (SSSR count). The summed E-state index contributed by atoms with van der Waals surface area (Å²) in [5, 5.41) is 15.1. The number of hydrogen-bond acceptors (Lipinski definition) is 3. The summed E-state index contributed by atoms with van der Waals surface area (Å²) in [4.78, 5) is 21.4. The monoisotopic (exact) mass is 460 g/mol. The third-order valence-corrected chi connectivity index (χ3v) is 4.58. The van der Waals surface area contributed by atoms with Gasteiger partial charge in [0.15, 0.2) is 0 Å². The Kier molecular flexibility index (Phi) is 9.65. The van der Waals surface area contributed by atoms with Crippen molar-refractivity contribution >= 4 is 62.3 Å². The van der Waals surface area contributed by atoms with Gasteiger partial charge in [0.25, 0.3) is 0 Å². The number of carbonyl (C=O) groups excluding carboxylic acids is 2. The summed E-state index contributed by atoms with van der Waals surface area (Å²) in [5.41, 5.74) is 2.25. The molecule has 5 nitrogen and oxygen atoms in total. The molecule has 26 heavy (non-hydrogen) atoms. The van der Waals surface area contributed by atoms with Crippen molar-refractivity contribution in [1.29, 1.82) is 0 Å². The average Bonchev–Trinajstić information content (AvgIpc) is 2.53. The predicted molar refractivity (Wildman–Crippen MR) is 110 cm³/mol. The van der Waals surface area contributed by atoms with Crippen LogP contribution in [0.1, 0.15) is 19.4 Å². The standard InChI is InChI=1S/C10H12ClNO2.C8H7BrClNO/c1-7(14)12-9-3-2-8(4-5-13)10(11)6-9;1-5(12)11-6-2-3-7(9)8(10)4-6/h2-3,6,13H,4-5H2,1H3,(H,12,14);2-4H,1H3,(H,11,12). The van der Waals surface area contributed by atoms with Gasteiger partial charge in [0.1, 0.15) is 0 Å². The van der Waals surface area contributed by atoms with Gasteiger partial charge < -0.3 is 15.7 Å². The first-order chi connectivity index (χ1) is 12.2. The lowest BCUT2D eigenvalue weighted by molar-refractivity contribution is -0.115. The lowest BCUT2D eigenvalue weighted by Crippen LogP contribution is -2.05. The number of halogens is 3. The first kappa shape index (κ1) is 22.4. The van der Waals surface area contributed by atoms with Crippen molar-refractivity contribution in [2.45, 2.75) is 20.3 Å². The van der Waals surface area contributed by atoms with E-state index in [1.807, 2.05) is 0 Å². The second-order valence-electron chi connectivity index (χ2n) is 5.27. The van der Waals surface area contributed by atoms with Crippen LogP contribution in [0.15, 0.2) is 40.9 Å². The van der Waals surface area contributed by atoms with Crippen LogP contribution in [-0.4, -0.2) is 23.5 Å². The van der Waals surface area contributed by atoms with E-state index >= 15 is 0 Å². The van der Waals surface area contributed by atoms with Gasteiger partial charge in [-0.25, -0.2) is 0 Å². The number of nitrogens with one attached hydrogen (secondary N) is 2. The van der Waals surface area contributed by atoms with Crippen LogP contribution in [0.3, 0.4) is 0 Å². The predicted octanol–water partition coefficient (Wildman–Crippen LogP) is 4.89. The Morgan fingerprint density at radius 1 is 0.962 bits per heavy atom. The molecule has 0 spiro atoms. The minimum Gasteiger partial charge on any atom is -0.396 e. The SMILES string of the molecule is CC(=O)Nc1ccc(Br)c(Cl)c1.CC(=O)Nc1ccc(CCO)c(Cl)c1. The van der Waals surface area contributed by atoms with Gasteiger partial charge in [0, 0.05) is 41.3 Å². The molecule has 0 aliphatic heterocycles. The highest BCUT2D eigenvalue weighted by atomic mass is 79.9. The van der Waals surface area contributed by atoms with Gasteiger partial charge in [-0.05, 0) is 58.2 Å². The zero-order chi connectivity index (χ0) is 19.7. The Balaban J connectivity index is 0.000000263. The molecule has 8 heteroatoms. The Bertz CT molecular complexity index is 785. The lowest BCUT2D eigenvalue weighted by atomic mass is 10.1. The molecule has 0 atom stereocenters. The number of carbonyl (C=O) groups is 2. The Morgan fingerprint density at radius 3 is 1.88 bits per heavy atom. The Morgan fingerprint density at radius 2 is 1.46 bits per heavy atom. The number of amides is 2. The van der Waals surface area contributed by atoms with E-state index in [1.165, 1.54) is 13.8 Å². The van der Waals surface area contributed by atoms with Crippen molar-refractivity contribution in [2.24, 2.45) is 0 Å². The van der Waals surface area contributed by atoms with E-state index < -0.39 is 0 Å². The molecule has 0 fully saturated rings. The molecule has 0 aliphatic carbocycles. The lowest BCUT2D eigenvalue weighted by Gasteiger charge is -2.06. The van der Waals surface area contributed by atoms with Crippen LogP contribution in [0.25, 0.3) is 0 Å². The quantitative estimate of drug-likeness (QED) is 0.606. The van der Waals surface area contributed by atoms with E-state index in [2.05, 4.69) is 26.6 Å². The van der Waals surface area contributed by atoms with Crippen LogP contribution in [0, 0.1) is 0 Å². The highest BCUT2D eigenvalue weighted by Crippen LogP contribution is 2.25. The van der Waals surface area contributed by atoms with Gasteiger partial charge in [0.2, 0.25) is 11.8 Å². The van der Waals surface area contributed by atoms with Gasteiger partial charge in [-0.2, -0.15) is 0 Å². The number of anilines is 2. The first-order valence-corrected chi connectivity index (χ1v) is 9.17. The van der Waals surface area contributed by atoms with E-state index in [4.69, 9.17) is 28.3 Å². The maximum Gasteiger partial charge on any atom is 0.221 e. The van der Waals surface area contributed by atoms with E-state index in [0.29, 0.717) is 27.8 Å². The highest BCUT2D eigenvalue weighted by molar-refractivity contribution is 9.10. The van der Waals surface area contributed by atoms with E-state index in [9.17, 15) is 9.59 Å². The summed E-state index contributed by atoms with van der Waals surface area (Å²) in [6.45, 7) is 2.96. The highest BCUT2D eigenvalue weighted by Gasteiger charge is 2.02. The second kappa shape index (κ2) is 11.2. The molecular weight excluding hydrogens is 443 g/mol. The molecule has 0 saturated heterocycles. The summed E-state index contributed by atoms with van der Waals surface area (Å²) in [7, 11) is 0. The topological polar surface area (TPSA) is 78.4 Å². The molecule has 0 radical (unpaired) electrons. The maximum absolute atomic E-state index is 10.7. The molecule has 0 aliphatic rings. The van der Waals surface area contributed by atoms with Crippen LogP contribution in [0.5, 0.6) is 0 Å². The van der Waals surface area contributed by atoms with Gasteiger partial charge in [0.05, 0.1) is 5.02 Å². The summed E-state index contributed by atoms with van der Waals surface area (Å²) in [6.07, 6.45) is 0.527. The minimum absolute atomic E-state index is 0.0687. The molecule has 0 aromatic heterocycles. The number of rotatable bonds is 4. The van der Waals surface area contributed by atoms with Crippen LogP contribution in [-0.2, 0) is 16.0 Å². The molecule has 0 saturated carbocycles. The Labute approximate surface area is 170 Å². The summed E-state index contributed by atoms with van der Waals surface area (Å²) in [5.74, 6) is -0.232. The van der Waals surface area contributed by atoms with Crippen molar-refractivity contribution in [3.8, 4) is 0 Å². The van der Waals surface area contributed by atoms with Crippen molar-refractivity contribution in [3.05, 3.63) is 56.5 Å². The molecule has 3 N–H and O–H groups in total. The summed E-state index contributed by atoms with van der Waals surface area (Å²) >= 11 is 15.0. The van der Waals surface area contributed by atoms with Crippen LogP contribution in [0.2, 0.25) is 10.0 Å². The smallest absolute Gasteiger partial charge is 0.221 e. The number of benzene rings is 2. The van der Waals surface area contributed by atoms with Crippen molar-refractivity contribution < 1.29 is 14.7 Å². The fraction of sp³-hybridized carbons (Fsp3) is 0.222. The van der Waals surface area contributed by atoms with E-state index in [0.717, 1.165) is 10.0 Å². The Hall–Kier alpha value is -1.60. The molecule has 0 bridgehead atoms. The maximum atomic E-state index is 10.7. The van der Waals surface area contributed by atoms with Crippen molar-refractivity contribution in [3.63, 3.8) is 0 Å². The van der Waals surface area contributed by atoms with Gasteiger partial charge in [-0.1, -0.05) is 29.3 Å². The minimum atomic E-state index is -0.129. The molecule has 2 amide bonds. The molecule has 0 heterocycles. The third-order valence-electron chi connectivity index (χ3n) is 2.99. The van der Waals surface area contributed by atoms with Gasteiger partial charge >= 0.3 is 0 Å². The number of hydrogen-bond donors (Lipinski definition) is 3. The van der Waals surface area contributed by atoms with Crippen LogP contribution in [0.4, 0.5) is 11.4 Å². The van der Waals surface area contributed by atoms with Crippen LogP contribution < -0.4 is 10.6 Å². The molecule has 2 aromatic rings. The fourth-order valence-electron chi connectivity index (χ4n) is 1.93. The van der Waals surface area contributed by atoms with Gasteiger partial charge in [-0.3, -0.25) is 9.59 Å². The number of aliphatic hydroxyl groups excluding tert-OH is 1. The number of aliphatic hydroxyl groups is 1. The van der Waals surface area contributed by atoms with E-state index in [-0.39, 0.29) is 18.4 Å². The second-order valence-corrected chi connectivity index (χ2v) is 6.94. The third kappa shape index (κ3) is 8.19.